The van der Waals surface area contributed by atoms with Gasteiger partial charge in [-0.15, -0.1) is 0 Å². The first-order valence-corrected chi connectivity index (χ1v) is 8.37. The molecule has 2 aromatic heterocycles. The Bertz CT molecular complexity index is 603. The number of carbonyl (C=O) groups excluding carboxylic acids is 1. The molecule has 0 aromatic carbocycles. The van der Waals surface area contributed by atoms with E-state index in [4.69, 9.17) is 9.15 Å². The van der Waals surface area contributed by atoms with Gasteiger partial charge in [0, 0.05) is 30.6 Å². The van der Waals surface area contributed by atoms with Crippen LogP contribution in [-0.4, -0.2) is 43.7 Å². The molecule has 0 saturated carbocycles. The van der Waals surface area contributed by atoms with Crippen LogP contribution in [0.4, 0.5) is 0 Å². The Labute approximate surface area is 133 Å². The van der Waals surface area contributed by atoms with Crippen molar-refractivity contribution in [3.8, 4) is 0 Å². The summed E-state index contributed by atoms with van der Waals surface area (Å²) in [5, 5.41) is 6.78. The Hall–Kier alpha value is -1.63. The maximum Gasteiger partial charge on any atom is 0.252 e. The van der Waals surface area contributed by atoms with Crippen LogP contribution in [0.5, 0.6) is 0 Å². The molecule has 0 aliphatic carbocycles. The minimum atomic E-state index is -0.0391. The number of nitrogens with one attached hydrogen (secondary N) is 1. The summed E-state index contributed by atoms with van der Waals surface area (Å²) in [4.78, 5) is 14.5. The van der Waals surface area contributed by atoms with E-state index < -0.39 is 0 Å². The van der Waals surface area contributed by atoms with Gasteiger partial charge in [-0.3, -0.25) is 9.69 Å². The number of carbonyl (C=O) groups is 1. The number of morpholine rings is 1. The zero-order valence-corrected chi connectivity index (χ0v) is 13.4. The zero-order chi connectivity index (χ0) is 15.4. The van der Waals surface area contributed by atoms with Crippen molar-refractivity contribution in [1.29, 1.82) is 0 Å². The monoisotopic (exact) mass is 320 g/mol. The first-order chi connectivity index (χ1) is 10.7. The lowest BCUT2D eigenvalue weighted by molar-refractivity contribution is 0.0117. The lowest BCUT2D eigenvalue weighted by atomic mass is 10.1. The van der Waals surface area contributed by atoms with Crippen LogP contribution in [0.3, 0.4) is 0 Å². The Morgan fingerprint density at radius 2 is 2.18 bits per heavy atom. The number of aryl methyl sites for hydroxylation is 1. The van der Waals surface area contributed by atoms with Crippen LogP contribution in [0.2, 0.25) is 0 Å². The molecule has 5 nitrogen and oxygen atoms in total. The maximum absolute atomic E-state index is 12.2. The van der Waals surface area contributed by atoms with Gasteiger partial charge in [-0.2, -0.15) is 11.3 Å². The van der Waals surface area contributed by atoms with Crippen LogP contribution in [-0.2, 0) is 4.74 Å². The SMILES string of the molecule is Cc1ccc([C@H](CNC(=O)c2ccsc2)N2CCOCC2)o1. The van der Waals surface area contributed by atoms with E-state index in [1.807, 2.05) is 35.9 Å². The van der Waals surface area contributed by atoms with Gasteiger partial charge in [0.25, 0.3) is 5.91 Å². The Morgan fingerprint density at radius 1 is 1.36 bits per heavy atom. The summed E-state index contributed by atoms with van der Waals surface area (Å²) < 4.78 is 11.2. The molecule has 22 heavy (non-hydrogen) atoms. The molecule has 0 bridgehead atoms. The van der Waals surface area contributed by atoms with Crippen molar-refractivity contribution in [2.75, 3.05) is 32.8 Å². The second-order valence-electron chi connectivity index (χ2n) is 5.33. The molecular formula is C16H20N2O3S. The van der Waals surface area contributed by atoms with Gasteiger partial charge in [0.2, 0.25) is 0 Å². The molecule has 1 atom stereocenters. The second-order valence-corrected chi connectivity index (χ2v) is 6.11. The number of hydrogen-bond acceptors (Lipinski definition) is 5. The molecular weight excluding hydrogens is 300 g/mol. The van der Waals surface area contributed by atoms with Gasteiger partial charge < -0.3 is 14.5 Å². The molecule has 0 unspecified atom stereocenters. The average Bonchev–Trinajstić information content (AvgIpc) is 3.20. The van der Waals surface area contributed by atoms with Crippen molar-refractivity contribution >= 4 is 17.2 Å². The van der Waals surface area contributed by atoms with Gasteiger partial charge in [0.05, 0.1) is 19.3 Å². The van der Waals surface area contributed by atoms with Gasteiger partial charge in [-0.1, -0.05) is 0 Å². The summed E-state index contributed by atoms with van der Waals surface area (Å²) in [5.41, 5.74) is 0.710. The largest absolute Gasteiger partial charge is 0.465 e. The lowest BCUT2D eigenvalue weighted by Gasteiger charge is -2.33. The van der Waals surface area contributed by atoms with E-state index in [2.05, 4.69) is 10.2 Å². The van der Waals surface area contributed by atoms with Gasteiger partial charge in [0.15, 0.2) is 0 Å². The number of furan rings is 1. The van der Waals surface area contributed by atoms with E-state index >= 15 is 0 Å². The van der Waals surface area contributed by atoms with Crippen molar-refractivity contribution in [3.63, 3.8) is 0 Å². The third-order valence-electron chi connectivity index (χ3n) is 3.82. The highest BCUT2D eigenvalue weighted by molar-refractivity contribution is 7.08. The number of thiophene rings is 1. The summed E-state index contributed by atoms with van der Waals surface area (Å²) in [6.45, 7) is 5.59. The third kappa shape index (κ3) is 3.58. The van der Waals surface area contributed by atoms with E-state index in [0.717, 1.165) is 24.6 Å². The summed E-state index contributed by atoms with van der Waals surface area (Å²) in [5.74, 6) is 1.74. The standard InChI is InChI=1S/C16H20N2O3S/c1-12-2-3-15(21-12)14(18-5-7-20-8-6-18)10-17-16(19)13-4-9-22-11-13/h2-4,9,11,14H,5-8,10H2,1H3,(H,17,19)/t14-/m0/s1. The molecule has 1 aliphatic heterocycles. The normalized spacial score (nSPS) is 17.3. The first-order valence-electron chi connectivity index (χ1n) is 7.42. The van der Waals surface area contributed by atoms with E-state index in [1.54, 1.807) is 0 Å². The van der Waals surface area contributed by atoms with Crippen LogP contribution >= 0.6 is 11.3 Å². The van der Waals surface area contributed by atoms with E-state index in [-0.39, 0.29) is 11.9 Å². The van der Waals surface area contributed by atoms with Crippen molar-refractivity contribution < 1.29 is 13.9 Å². The fourth-order valence-corrected chi connectivity index (χ4v) is 3.25. The molecule has 1 amide bonds. The number of hydrogen-bond donors (Lipinski definition) is 1. The second kappa shape index (κ2) is 7.09. The van der Waals surface area contributed by atoms with Gasteiger partial charge >= 0.3 is 0 Å². The summed E-state index contributed by atoms with van der Waals surface area (Å²) in [6, 6.07) is 5.83. The molecule has 6 heteroatoms. The van der Waals surface area contributed by atoms with E-state index in [0.29, 0.717) is 25.3 Å². The molecule has 118 valence electrons. The van der Waals surface area contributed by atoms with Crippen LogP contribution in [0.25, 0.3) is 0 Å². The molecule has 1 aliphatic rings. The summed E-state index contributed by atoms with van der Waals surface area (Å²) in [7, 11) is 0. The van der Waals surface area contributed by atoms with Crippen molar-refractivity contribution in [2.45, 2.75) is 13.0 Å². The van der Waals surface area contributed by atoms with E-state index in [1.165, 1.54) is 11.3 Å². The molecule has 1 saturated heterocycles. The minimum Gasteiger partial charge on any atom is -0.465 e. The fourth-order valence-electron chi connectivity index (χ4n) is 2.62. The molecule has 1 fully saturated rings. The highest BCUT2D eigenvalue weighted by Gasteiger charge is 2.25. The highest BCUT2D eigenvalue weighted by Crippen LogP contribution is 2.23. The average molecular weight is 320 g/mol. The lowest BCUT2D eigenvalue weighted by Crippen LogP contribution is -2.43. The number of nitrogens with zero attached hydrogens (tertiary/aromatic N) is 1. The molecule has 2 aromatic rings. The minimum absolute atomic E-state index is 0.0391. The number of rotatable bonds is 5. The Balaban J connectivity index is 1.69. The van der Waals surface area contributed by atoms with Crippen molar-refractivity contribution in [3.05, 3.63) is 46.0 Å². The molecule has 1 N–H and O–H groups in total. The highest BCUT2D eigenvalue weighted by atomic mass is 32.1. The maximum atomic E-state index is 12.2. The Kier molecular flexibility index (Phi) is 4.92. The fraction of sp³-hybridized carbons (Fsp3) is 0.438. The summed E-state index contributed by atoms with van der Waals surface area (Å²) in [6.07, 6.45) is 0. The predicted molar refractivity (Wildman–Crippen MR) is 85.2 cm³/mol. The van der Waals surface area contributed by atoms with Crippen molar-refractivity contribution in [2.24, 2.45) is 0 Å². The molecule has 0 radical (unpaired) electrons. The van der Waals surface area contributed by atoms with Gasteiger partial charge in [-0.25, -0.2) is 0 Å². The van der Waals surface area contributed by atoms with Gasteiger partial charge in [-0.05, 0) is 30.5 Å². The quantitative estimate of drug-likeness (QED) is 0.919. The topological polar surface area (TPSA) is 54.7 Å². The molecule has 0 spiro atoms. The van der Waals surface area contributed by atoms with E-state index in [9.17, 15) is 4.79 Å². The molecule has 3 rings (SSSR count). The smallest absolute Gasteiger partial charge is 0.252 e. The van der Waals surface area contributed by atoms with Crippen LogP contribution in [0, 0.1) is 6.92 Å². The van der Waals surface area contributed by atoms with Crippen LogP contribution in [0.1, 0.15) is 27.9 Å². The predicted octanol–water partition coefficient (Wildman–Crippen LogP) is 2.45. The summed E-state index contributed by atoms with van der Waals surface area (Å²) >= 11 is 1.52. The molecule has 3 heterocycles. The first kappa shape index (κ1) is 15.3. The Morgan fingerprint density at radius 3 is 2.82 bits per heavy atom. The van der Waals surface area contributed by atoms with Gasteiger partial charge in [0.1, 0.15) is 11.5 Å². The number of amides is 1. The van der Waals surface area contributed by atoms with Crippen LogP contribution in [0.15, 0.2) is 33.4 Å². The third-order valence-corrected chi connectivity index (χ3v) is 4.50. The zero-order valence-electron chi connectivity index (χ0n) is 12.6. The number of ether oxygens (including phenoxy) is 1. The van der Waals surface area contributed by atoms with Crippen LogP contribution < -0.4 is 5.32 Å². The van der Waals surface area contributed by atoms with Crippen molar-refractivity contribution in [1.82, 2.24) is 10.2 Å².